The van der Waals surface area contributed by atoms with Crippen molar-refractivity contribution in [3.05, 3.63) is 65.4 Å². The predicted molar refractivity (Wildman–Crippen MR) is 89.5 cm³/mol. The number of benzene rings is 2. The molecule has 0 spiro atoms. The van der Waals surface area contributed by atoms with Gasteiger partial charge in [0.1, 0.15) is 5.75 Å². The third kappa shape index (κ3) is 1.93. The van der Waals surface area contributed by atoms with Gasteiger partial charge in [-0.2, -0.15) is 0 Å². The number of nitrogens with two attached hydrogens (primary N) is 1. The molecular formula is C19H20N2O. The third-order valence-electron chi connectivity index (χ3n) is 4.91. The smallest absolute Gasteiger partial charge is 0.120 e. The van der Waals surface area contributed by atoms with E-state index in [9.17, 15) is 0 Å². The maximum Gasteiger partial charge on any atom is 0.120 e. The highest BCUT2D eigenvalue weighted by molar-refractivity contribution is 5.85. The van der Waals surface area contributed by atoms with E-state index in [1.165, 1.54) is 22.1 Å². The molecule has 3 aromatic rings. The summed E-state index contributed by atoms with van der Waals surface area (Å²) in [5, 5.41) is 1.28. The average Bonchev–Trinajstić information content (AvgIpc) is 3.14. The van der Waals surface area contributed by atoms with Gasteiger partial charge in [-0.1, -0.05) is 24.3 Å². The van der Waals surface area contributed by atoms with Crippen LogP contribution in [0.25, 0.3) is 10.9 Å². The van der Waals surface area contributed by atoms with Crippen molar-refractivity contribution in [2.24, 2.45) is 5.73 Å². The van der Waals surface area contributed by atoms with Gasteiger partial charge < -0.3 is 15.5 Å². The average molecular weight is 292 g/mol. The van der Waals surface area contributed by atoms with Crippen LogP contribution in [-0.4, -0.2) is 18.6 Å². The fourth-order valence-electron chi connectivity index (χ4n) is 3.80. The van der Waals surface area contributed by atoms with Gasteiger partial charge in [-0.3, -0.25) is 0 Å². The minimum atomic E-state index is 0.423. The molecule has 4 rings (SSSR count). The molecule has 3 heteroatoms. The summed E-state index contributed by atoms with van der Waals surface area (Å²) >= 11 is 0. The molecule has 1 unspecified atom stereocenters. The summed E-state index contributed by atoms with van der Waals surface area (Å²) in [6.45, 7) is 0.712. The van der Waals surface area contributed by atoms with E-state index in [-0.39, 0.29) is 0 Å². The lowest BCUT2D eigenvalue weighted by molar-refractivity contribution is 0.415. The fourth-order valence-corrected chi connectivity index (χ4v) is 3.80. The lowest BCUT2D eigenvalue weighted by Gasteiger charge is -2.11. The van der Waals surface area contributed by atoms with Gasteiger partial charge >= 0.3 is 0 Å². The Balaban J connectivity index is 1.83. The highest BCUT2D eigenvalue weighted by Gasteiger charge is 2.32. The number of hydrogen-bond acceptors (Lipinski definition) is 2. The van der Waals surface area contributed by atoms with E-state index < -0.39 is 0 Å². The lowest BCUT2D eigenvalue weighted by atomic mass is 9.92. The zero-order valence-electron chi connectivity index (χ0n) is 12.7. The highest BCUT2D eigenvalue weighted by atomic mass is 16.5. The summed E-state index contributed by atoms with van der Waals surface area (Å²) in [5.41, 5.74) is 11.3. The number of H-pyrrole nitrogens is 1. The Morgan fingerprint density at radius 1 is 1.14 bits per heavy atom. The molecule has 1 heterocycles. The van der Waals surface area contributed by atoms with Gasteiger partial charge in [0.25, 0.3) is 0 Å². The van der Waals surface area contributed by atoms with Crippen LogP contribution < -0.4 is 10.5 Å². The number of hydrogen-bond donors (Lipinski definition) is 2. The molecule has 0 saturated heterocycles. The Kier molecular flexibility index (Phi) is 3.16. The van der Waals surface area contributed by atoms with Crippen molar-refractivity contribution >= 4 is 10.9 Å². The summed E-state index contributed by atoms with van der Waals surface area (Å²) in [4.78, 5) is 3.39. The summed E-state index contributed by atoms with van der Waals surface area (Å²) < 4.78 is 5.31. The first-order valence-corrected chi connectivity index (χ1v) is 7.75. The zero-order chi connectivity index (χ0) is 15.1. The Bertz CT molecular complexity index is 821. The first-order valence-electron chi connectivity index (χ1n) is 7.75. The van der Waals surface area contributed by atoms with Crippen LogP contribution >= 0.6 is 0 Å². The van der Waals surface area contributed by atoms with Crippen molar-refractivity contribution in [1.29, 1.82) is 0 Å². The summed E-state index contributed by atoms with van der Waals surface area (Å²) in [6, 6.07) is 15.0. The minimum Gasteiger partial charge on any atom is -0.497 e. The second kappa shape index (κ2) is 5.18. The molecule has 112 valence electrons. The minimum absolute atomic E-state index is 0.423. The van der Waals surface area contributed by atoms with Crippen molar-refractivity contribution < 1.29 is 4.74 Å². The maximum absolute atomic E-state index is 5.99. The van der Waals surface area contributed by atoms with Crippen molar-refractivity contribution in [2.45, 2.75) is 18.3 Å². The lowest BCUT2D eigenvalue weighted by Crippen LogP contribution is -2.09. The molecule has 2 atom stereocenters. The van der Waals surface area contributed by atoms with Gasteiger partial charge in [-0.15, -0.1) is 0 Å². The van der Waals surface area contributed by atoms with Crippen molar-refractivity contribution in [3.63, 3.8) is 0 Å². The molecule has 22 heavy (non-hydrogen) atoms. The van der Waals surface area contributed by atoms with E-state index in [0.29, 0.717) is 18.4 Å². The Morgan fingerprint density at radius 3 is 2.73 bits per heavy atom. The molecule has 0 radical (unpaired) electrons. The van der Waals surface area contributed by atoms with E-state index in [1.807, 2.05) is 6.07 Å². The number of ether oxygens (including phenoxy) is 1. The molecule has 0 saturated carbocycles. The van der Waals surface area contributed by atoms with E-state index in [0.717, 1.165) is 17.7 Å². The van der Waals surface area contributed by atoms with Crippen LogP contribution in [0.5, 0.6) is 5.75 Å². The predicted octanol–water partition coefficient (Wildman–Crippen LogP) is 3.75. The third-order valence-corrected chi connectivity index (χ3v) is 4.91. The number of nitrogens with one attached hydrogen (secondary N) is 1. The number of methoxy groups -OCH3 is 1. The molecule has 0 amide bonds. The van der Waals surface area contributed by atoms with Gasteiger partial charge in [0.05, 0.1) is 7.11 Å². The van der Waals surface area contributed by atoms with Crippen LogP contribution in [-0.2, 0) is 0 Å². The van der Waals surface area contributed by atoms with Gasteiger partial charge in [-0.25, -0.2) is 0 Å². The van der Waals surface area contributed by atoms with Crippen molar-refractivity contribution in [2.75, 3.05) is 13.7 Å². The largest absolute Gasteiger partial charge is 0.497 e. The summed E-state index contributed by atoms with van der Waals surface area (Å²) in [7, 11) is 1.70. The van der Waals surface area contributed by atoms with Crippen LogP contribution in [0.2, 0.25) is 0 Å². The molecule has 1 aliphatic carbocycles. The normalized spacial score (nSPS) is 20.3. The highest BCUT2D eigenvalue weighted by Crippen LogP contribution is 2.46. The molecule has 0 aliphatic heterocycles. The number of rotatable bonds is 3. The van der Waals surface area contributed by atoms with Crippen LogP contribution in [0, 0.1) is 0 Å². The maximum atomic E-state index is 5.99. The molecule has 3 N–H and O–H groups in total. The molecule has 1 aromatic heterocycles. The van der Waals surface area contributed by atoms with E-state index in [2.05, 4.69) is 47.6 Å². The number of aromatic amines is 1. The molecule has 1 aliphatic rings. The van der Waals surface area contributed by atoms with Gasteiger partial charge in [0.2, 0.25) is 0 Å². The molecule has 0 fully saturated rings. The Hall–Kier alpha value is -2.26. The summed E-state index contributed by atoms with van der Waals surface area (Å²) in [6.07, 6.45) is 3.24. The summed E-state index contributed by atoms with van der Waals surface area (Å²) in [5.74, 6) is 1.77. The number of aromatic nitrogens is 1. The van der Waals surface area contributed by atoms with Crippen molar-refractivity contribution in [1.82, 2.24) is 4.98 Å². The van der Waals surface area contributed by atoms with Crippen LogP contribution in [0.3, 0.4) is 0 Å². The standard InChI is InChI=1S/C19H20N2O/c1-22-13-6-7-16-18(11-21-19(16)9-13)17-8-12(10-20)14-4-2-3-5-15(14)17/h2-7,9,11-12,17,21H,8,10,20H2,1H3/t12-,17?/m1/s1. The van der Waals surface area contributed by atoms with E-state index >= 15 is 0 Å². The van der Waals surface area contributed by atoms with Crippen molar-refractivity contribution in [3.8, 4) is 5.75 Å². The second-order valence-corrected chi connectivity index (χ2v) is 6.01. The van der Waals surface area contributed by atoms with Crippen LogP contribution in [0.15, 0.2) is 48.7 Å². The first-order chi connectivity index (χ1) is 10.8. The first kappa shape index (κ1) is 13.4. The molecular weight excluding hydrogens is 272 g/mol. The molecule has 2 aromatic carbocycles. The Morgan fingerprint density at radius 2 is 1.95 bits per heavy atom. The molecule has 3 nitrogen and oxygen atoms in total. The van der Waals surface area contributed by atoms with E-state index in [4.69, 9.17) is 10.5 Å². The van der Waals surface area contributed by atoms with Gasteiger partial charge in [0.15, 0.2) is 0 Å². The van der Waals surface area contributed by atoms with Crippen LogP contribution in [0.1, 0.15) is 34.9 Å². The second-order valence-electron chi connectivity index (χ2n) is 6.01. The fraction of sp³-hybridized carbons (Fsp3) is 0.263. The van der Waals surface area contributed by atoms with Gasteiger partial charge in [-0.05, 0) is 47.7 Å². The quantitative estimate of drug-likeness (QED) is 0.772. The zero-order valence-corrected chi connectivity index (χ0v) is 12.7. The molecule has 0 bridgehead atoms. The Labute approximate surface area is 130 Å². The van der Waals surface area contributed by atoms with Crippen LogP contribution in [0.4, 0.5) is 0 Å². The topological polar surface area (TPSA) is 51.0 Å². The monoisotopic (exact) mass is 292 g/mol. The van der Waals surface area contributed by atoms with E-state index in [1.54, 1.807) is 7.11 Å². The SMILES string of the molecule is COc1ccc2c(C3C[C@H](CN)c4ccccc43)c[nH]c2c1. The number of fused-ring (bicyclic) bond motifs is 2. The van der Waals surface area contributed by atoms with Gasteiger partial charge in [0, 0.05) is 29.1 Å².